The topological polar surface area (TPSA) is 127 Å². The van der Waals surface area contributed by atoms with E-state index in [1.165, 1.54) is 36.4 Å². The van der Waals surface area contributed by atoms with Crippen molar-refractivity contribution in [1.29, 1.82) is 0 Å². The Morgan fingerprint density at radius 1 is 0.488 bits per heavy atom. The van der Waals surface area contributed by atoms with Crippen LogP contribution in [0.5, 0.6) is 17.2 Å². The van der Waals surface area contributed by atoms with E-state index in [1.807, 2.05) is 0 Å². The van der Waals surface area contributed by atoms with E-state index in [0.717, 1.165) is 0 Å². The van der Waals surface area contributed by atoms with Crippen LogP contribution in [-0.2, 0) is 11.3 Å². The second-order valence-corrected chi connectivity index (χ2v) is 9.36. The molecule has 0 radical (unpaired) electrons. The Morgan fingerprint density at radius 2 is 0.930 bits per heavy atom. The lowest BCUT2D eigenvalue weighted by molar-refractivity contribution is 0.0464. The highest BCUT2D eigenvalue weighted by molar-refractivity contribution is 6.24. The average molecular weight is 573 g/mol. The summed E-state index contributed by atoms with van der Waals surface area (Å²) in [4.78, 5) is 54.8. The molecular formula is C35H24O8. The number of ketones is 2. The van der Waals surface area contributed by atoms with Crippen molar-refractivity contribution in [2.24, 2.45) is 0 Å². The normalized spacial score (nSPS) is 10.5. The fourth-order valence-corrected chi connectivity index (χ4v) is 4.43. The molecule has 0 saturated heterocycles. The Balaban J connectivity index is 1.76. The maximum absolute atomic E-state index is 14.1. The number of rotatable bonds is 9. The van der Waals surface area contributed by atoms with Crippen LogP contribution in [0.15, 0.2) is 121 Å². The predicted molar refractivity (Wildman–Crippen MR) is 156 cm³/mol. The smallest absolute Gasteiger partial charge is 0.343 e. The van der Waals surface area contributed by atoms with E-state index in [1.54, 1.807) is 84.9 Å². The number of hydrogen-bond acceptors (Lipinski definition) is 8. The minimum atomic E-state index is -1.16. The van der Waals surface area contributed by atoms with Gasteiger partial charge in [-0.3, -0.25) is 9.59 Å². The molecule has 0 aliphatic heterocycles. The Hall–Kier alpha value is -6.02. The van der Waals surface area contributed by atoms with E-state index in [-0.39, 0.29) is 23.3 Å². The Kier molecular flexibility index (Phi) is 8.39. The minimum Gasteiger partial charge on any atom is -0.504 e. The highest BCUT2D eigenvalue weighted by Crippen LogP contribution is 2.46. The van der Waals surface area contributed by atoms with Crippen molar-refractivity contribution >= 4 is 23.5 Å². The summed E-state index contributed by atoms with van der Waals surface area (Å²) in [7, 11) is 0. The molecule has 212 valence electrons. The van der Waals surface area contributed by atoms with Gasteiger partial charge < -0.3 is 19.7 Å². The van der Waals surface area contributed by atoms with Crippen molar-refractivity contribution in [3.05, 3.63) is 160 Å². The summed E-state index contributed by atoms with van der Waals surface area (Å²) < 4.78 is 11.0. The number of phenolic OH excluding ortho intramolecular Hbond substituents is 2. The Morgan fingerprint density at radius 3 is 1.44 bits per heavy atom. The molecule has 0 aliphatic carbocycles. The molecule has 5 aromatic carbocycles. The molecule has 0 bridgehead atoms. The van der Waals surface area contributed by atoms with Crippen LogP contribution in [0.25, 0.3) is 0 Å². The number of hydrogen-bond donors (Lipinski definition) is 2. The first kappa shape index (κ1) is 28.5. The third kappa shape index (κ3) is 6.03. The van der Waals surface area contributed by atoms with Gasteiger partial charge in [0, 0.05) is 11.1 Å². The Bertz CT molecular complexity index is 1800. The van der Waals surface area contributed by atoms with Gasteiger partial charge >= 0.3 is 11.9 Å². The average Bonchev–Trinajstić information content (AvgIpc) is 3.06. The van der Waals surface area contributed by atoms with Gasteiger partial charge in [0.15, 0.2) is 23.1 Å². The van der Waals surface area contributed by atoms with Crippen LogP contribution in [-0.4, -0.2) is 33.7 Å². The SMILES string of the molecule is O=C(Oc1c(O)c(O)c(C(=O)c2ccccc2)c(C(=O)OCc2ccccc2)c1C(=O)c1ccccc1)c1ccccc1. The lowest BCUT2D eigenvalue weighted by Crippen LogP contribution is -2.21. The molecule has 8 nitrogen and oxygen atoms in total. The summed E-state index contributed by atoms with van der Waals surface area (Å²) in [5, 5.41) is 22.4. The van der Waals surface area contributed by atoms with Gasteiger partial charge in [-0.1, -0.05) is 109 Å². The van der Waals surface area contributed by atoms with Crippen molar-refractivity contribution in [3.8, 4) is 17.2 Å². The number of phenols is 2. The molecule has 0 heterocycles. The van der Waals surface area contributed by atoms with Crippen molar-refractivity contribution in [2.75, 3.05) is 0 Å². The van der Waals surface area contributed by atoms with Gasteiger partial charge in [0.05, 0.1) is 22.3 Å². The van der Waals surface area contributed by atoms with E-state index < -0.39 is 57.4 Å². The van der Waals surface area contributed by atoms with Crippen LogP contribution < -0.4 is 4.74 Å². The predicted octanol–water partition coefficient (Wildman–Crippen LogP) is 6.14. The van der Waals surface area contributed by atoms with Crippen molar-refractivity contribution in [2.45, 2.75) is 6.61 Å². The summed E-state index contributed by atoms with van der Waals surface area (Å²) in [6.07, 6.45) is 0. The number of carbonyl (C=O) groups is 4. The van der Waals surface area contributed by atoms with Gasteiger partial charge in [-0.15, -0.1) is 0 Å². The van der Waals surface area contributed by atoms with Gasteiger partial charge in [-0.05, 0) is 17.7 Å². The molecule has 8 heteroatoms. The third-order valence-corrected chi connectivity index (χ3v) is 6.55. The minimum absolute atomic E-state index is 0.0554. The fourth-order valence-electron chi connectivity index (χ4n) is 4.43. The molecule has 2 N–H and O–H groups in total. The zero-order chi connectivity index (χ0) is 30.3. The zero-order valence-electron chi connectivity index (χ0n) is 22.6. The highest BCUT2D eigenvalue weighted by Gasteiger charge is 2.37. The van der Waals surface area contributed by atoms with Crippen LogP contribution in [0.2, 0.25) is 0 Å². The number of aromatic hydroxyl groups is 2. The molecular weight excluding hydrogens is 548 g/mol. The number of carbonyl (C=O) groups excluding carboxylic acids is 4. The number of benzene rings is 5. The van der Waals surface area contributed by atoms with Gasteiger partial charge in [-0.25, -0.2) is 9.59 Å². The quantitative estimate of drug-likeness (QED) is 0.0934. The van der Waals surface area contributed by atoms with Gasteiger partial charge in [-0.2, -0.15) is 0 Å². The van der Waals surface area contributed by atoms with E-state index in [0.29, 0.717) is 5.56 Å². The molecule has 0 amide bonds. The molecule has 5 rings (SSSR count). The first-order valence-corrected chi connectivity index (χ1v) is 13.2. The molecule has 0 aromatic heterocycles. The summed E-state index contributed by atoms with van der Waals surface area (Å²) in [5.41, 5.74) is -1.17. The largest absolute Gasteiger partial charge is 0.504 e. The van der Waals surface area contributed by atoms with Crippen LogP contribution in [0, 0.1) is 0 Å². The summed E-state index contributed by atoms with van der Waals surface area (Å²) in [6, 6.07) is 31.8. The van der Waals surface area contributed by atoms with Crippen molar-refractivity contribution < 1.29 is 38.9 Å². The number of esters is 2. The lowest BCUT2D eigenvalue weighted by atomic mass is 9.88. The standard InChI is InChI=1S/C35H24O8/c36-29(23-15-7-2-8-16-23)27-26(35(41)42-21-22-13-5-1-6-14-22)28(30(37)24-17-9-3-10-18-24)33(32(39)31(27)38)43-34(40)25-19-11-4-12-20-25/h1-20,38-39H,21H2. The lowest BCUT2D eigenvalue weighted by Gasteiger charge is -2.20. The first-order chi connectivity index (χ1) is 20.9. The maximum atomic E-state index is 14.1. The second kappa shape index (κ2) is 12.7. The highest BCUT2D eigenvalue weighted by atomic mass is 16.5. The third-order valence-electron chi connectivity index (χ3n) is 6.55. The summed E-state index contributed by atoms with van der Waals surface area (Å²) in [6.45, 7) is -0.238. The molecule has 0 fully saturated rings. The van der Waals surface area contributed by atoms with E-state index >= 15 is 0 Å². The molecule has 0 unspecified atom stereocenters. The Labute approximate surface area is 246 Å². The molecule has 5 aromatic rings. The van der Waals surface area contributed by atoms with Crippen LogP contribution in [0.1, 0.15) is 58.1 Å². The molecule has 0 atom stereocenters. The van der Waals surface area contributed by atoms with E-state index in [9.17, 15) is 29.4 Å². The van der Waals surface area contributed by atoms with Crippen LogP contribution in [0.3, 0.4) is 0 Å². The van der Waals surface area contributed by atoms with E-state index in [2.05, 4.69) is 0 Å². The molecule has 43 heavy (non-hydrogen) atoms. The molecule has 0 aliphatic rings. The molecule has 0 spiro atoms. The fraction of sp³-hybridized carbons (Fsp3) is 0.0286. The van der Waals surface area contributed by atoms with E-state index in [4.69, 9.17) is 9.47 Å². The summed E-state index contributed by atoms with van der Waals surface area (Å²) >= 11 is 0. The zero-order valence-corrected chi connectivity index (χ0v) is 22.6. The van der Waals surface area contributed by atoms with Gasteiger partial charge in [0.25, 0.3) is 0 Å². The maximum Gasteiger partial charge on any atom is 0.343 e. The van der Waals surface area contributed by atoms with Gasteiger partial charge in [0.1, 0.15) is 6.61 Å². The first-order valence-electron chi connectivity index (χ1n) is 13.2. The monoisotopic (exact) mass is 572 g/mol. The van der Waals surface area contributed by atoms with Crippen molar-refractivity contribution in [1.82, 2.24) is 0 Å². The number of ether oxygens (including phenoxy) is 2. The van der Waals surface area contributed by atoms with Crippen LogP contribution >= 0.6 is 0 Å². The van der Waals surface area contributed by atoms with Crippen molar-refractivity contribution in [3.63, 3.8) is 0 Å². The summed E-state index contributed by atoms with van der Waals surface area (Å²) in [5.74, 6) is -6.79. The molecule has 0 saturated carbocycles. The van der Waals surface area contributed by atoms with Crippen LogP contribution in [0.4, 0.5) is 0 Å². The van der Waals surface area contributed by atoms with Gasteiger partial charge in [0.2, 0.25) is 5.75 Å². The second-order valence-electron chi connectivity index (χ2n) is 9.36.